The average Bonchev–Trinajstić information content (AvgIpc) is 2.85. The van der Waals surface area contributed by atoms with Crippen molar-refractivity contribution in [3.05, 3.63) is 48.6 Å². The highest BCUT2D eigenvalue weighted by molar-refractivity contribution is 8.01. The van der Waals surface area contributed by atoms with E-state index in [1.54, 1.807) is 29.2 Å². The number of rotatable bonds is 6. The zero-order chi connectivity index (χ0) is 12.8. The molecule has 0 saturated carbocycles. The van der Waals surface area contributed by atoms with Crippen molar-refractivity contribution < 1.29 is 0 Å². The fraction of sp³-hybridized carbons (Fsp3) is 0.231. The highest BCUT2D eigenvalue weighted by Gasteiger charge is 2.11. The van der Waals surface area contributed by atoms with E-state index in [2.05, 4.69) is 53.3 Å². The number of aromatic nitrogens is 2. The SMILES string of the molecule is C=CCNc1nnc(S[C@@H](C)c2ccccc2)s1. The highest BCUT2D eigenvalue weighted by Crippen LogP contribution is 2.37. The van der Waals surface area contributed by atoms with Gasteiger partial charge in [-0.1, -0.05) is 59.5 Å². The van der Waals surface area contributed by atoms with Crippen LogP contribution in [0.25, 0.3) is 0 Å². The lowest BCUT2D eigenvalue weighted by atomic mass is 10.2. The summed E-state index contributed by atoms with van der Waals surface area (Å²) in [6.07, 6.45) is 1.81. The standard InChI is InChI=1S/C13H15N3S2/c1-3-9-14-12-15-16-13(18-12)17-10(2)11-7-5-4-6-8-11/h3-8,10H,1,9H2,2H3,(H,14,15)/t10-/m0/s1. The van der Waals surface area contributed by atoms with Gasteiger partial charge in [0.1, 0.15) is 0 Å². The Kier molecular flexibility index (Phi) is 4.78. The van der Waals surface area contributed by atoms with Crippen LogP contribution in [0.2, 0.25) is 0 Å². The molecule has 94 valence electrons. The largest absolute Gasteiger partial charge is 0.357 e. The molecule has 0 unspecified atom stereocenters. The number of hydrogen-bond donors (Lipinski definition) is 1. The minimum atomic E-state index is 0.381. The van der Waals surface area contributed by atoms with Crippen LogP contribution < -0.4 is 5.32 Å². The van der Waals surface area contributed by atoms with Gasteiger partial charge < -0.3 is 5.32 Å². The van der Waals surface area contributed by atoms with E-state index >= 15 is 0 Å². The molecule has 1 aromatic carbocycles. The Morgan fingerprint density at radius 2 is 2.17 bits per heavy atom. The third-order valence-corrected chi connectivity index (χ3v) is 4.47. The number of nitrogens with one attached hydrogen (secondary N) is 1. The van der Waals surface area contributed by atoms with Gasteiger partial charge in [0.15, 0.2) is 4.34 Å². The van der Waals surface area contributed by atoms with Crippen LogP contribution in [0.1, 0.15) is 17.7 Å². The van der Waals surface area contributed by atoms with Gasteiger partial charge in [-0.25, -0.2) is 0 Å². The first-order chi connectivity index (χ1) is 8.79. The number of nitrogens with zero attached hydrogens (tertiary/aromatic N) is 2. The van der Waals surface area contributed by atoms with Gasteiger partial charge in [-0.05, 0) is 12.5 Å². The summed E-state index contributed by atoms with van der Waals surface area (Å²) in [5.41, 5.74) is 1.30. The molecule has 0 bridgehead atoms. The summed E-state index contributed by atoms with van der Waals surface area (Å²) in [4.78, 5) is 0. The molecule has 0 fully saturated rings. The van der Waals surface area contributed by atoms with Crippen molar-refractivity contribution in [2.45, 2.75) is 16.5 Å². The minimum Gasteiger partial charge on any atom is -0.357 e. The topological polar surface area (TPSA) is 37.8 Å². The zero-order valence-corrected chi connectivity index (χ0v) is 11.8. The second-order valence-corrected chi connectivity index (χ2v) is 6.28. The predicted molar refractivity (Wildman–Crippen MR) is 79.3 cm³/mol. The van der Waals surface area contributed by atoms with Crippen LogP contribution >= 0.6 is 23.1 Å². The van der Waals surface area contributed by atoms with E-state index in [1.165, 1.54) is 5.56 Å². The van der Waals surface area contributed by atoms with Crippen molar-refractivity contribution >= 4 is 28.2 Å². The molecule has 1 atom stereocenters. The van der Waals surface area contributed by atoms with E-state index in [-0.39, 0.29) is 0 Å². The van der Waals surface area contributed by atoms with E-state index in [9.17, 15) is 0 Å². The Morgan fingerprint density at radius 3 is 2.89 bits per heavy atom. The van der Waals surface area contributed by atoms with E-state index in [1.807, 2.05) is 6.07 Å². The highest BCUT2D eigenvalue weighted by atomic mass is 32.2. The third-order valence-electron chi connectivity index (χ3n) is 2.35. The van der Waals surface area contributed by atoms with Crippen molar-refractivity contribution in [2.24, 2.45) is 0 Å². The molecule has 1 aromatic heterocycles. The first-order valence-electron chi connectivity index (χ1n) is 5.69. The van der Waals surface area contributed by atoms with E-state index in [0.717, 1.165) is 9.47 Å². The van der Waals surface area contributed by atoms with Gasteiger partial charge in [-0.2, -0.15) is 0 Å². The van der Waals surface area contributed by atoms with Gasteiger partial charge in [0.25, 0.3) is 0 Å². The molecule has 0 spiro atoms. The van der Waals surface area contributed by atoms with E-state index < -0.39 is 0 Å². The van der Waals surface area contributed by atoms with Crippen LogP contribution in [0, 0.1) is 0 Å². The summed E-state index contributed by atoms with van der Waals surface area (Å²) >= 11 is 3.31. The number of benzene rings is 1. The summed E-state index contributed by atoms with van der Waals surface area (Å²) in [7, 11) is 0. The van der Waals surface area contributed by atoms with Crippen LogP contribution in [0.4, 0.5) is 5.13 Å². The molecule has 1 N–H and O–H groups in total. The maximum Gasteiger partial charge on any atom is 0.206 e. The lowest BCUT2D eigenvalue weighted by Gasteiger charge is -2.08. The van der Waals surface area contributed by atoms with Gasteiger partial charge >= 0.3 is 0 Å². The molecular formula is C13H15N3S2. The minimum absolute atomic E-state index is 0.381. The quantitative estimate of drug-likeness (QED) is 0.640. The molecule has 0 saturated heterocycles. The smallest absolute Gasteiger partial charge is 0.206 e. The van der Waals surface area contributed by atoms with Crippen molar-refractivity contribution in [3.8, 4) is 0 Å². The average molecular weight is 277 g/mol. The number of anilines is 1. The molecule has 0 aliphatic heterocycles. The van der Waals surface area contributed by atoms with Crippen molar-refractivity contribution in [1.29, 1.82) is 0 Å². The van der Waals surface area contributed by atoms with Gasteiger partial charge in [0, 0.05) is 11.8 Å². The second kappa shape index (κ2) is 6.56. The normalized spacial score (nSPS) is 12.1. The molecule has 2 aromatic rings. The molecular weight excluding hydrogens is 262 g/mol. The molecule has 0 radical (unpaired) electrons. The van der Waals surface area contributed by atoms with Crippen LogP contribution in [0.5, 0.6) is 0 Å². The van der Waals surface area contributed by atoms with Crippen molar-refractivity contribution in [2.75, 3.05) is 11.9 Å². The molecule has 0 amide bonds. The Morgan fingerprint density at radius 1 is 1.39 bits per heavy atom. The summed E-state index contributed by atoms with van der Waals surface area (Å²) < 4.78 is 0.984. The van der Waals surface area contributed by atoms with E-state index in [4.69, 9.17) is 0 Å². The first kappa shape index (κ1) is 13.1. The molecule has 3 nitrogen and oxygen atoms in total. The third kappa shape index (κ3) is 3.58. The lowest BCUT2D eigenvalue weighted by molar-refractivity contribution is 0.996. The molecule has 0 aliphatic carbocycles. The first-order valence-corrected chi connectivity index (χ1v) is 7.39. The Balaban J connectivity index is 1.97. The molecule has 2 rings (SSSR count). The lowest BCUT2D eigenvalue weighted by Crippen LogP contribution is -1.96. The molecule has 18 heavy (non-hydrogen) atoms. The maximum absolute atomic E-state index is 4.17. The van der Waals surface area contributed by atoms with Crippen LogP contribution in [0.15, 0.2) is 47.3 Å². The number of hydrogen-bond acceptors (Lipinski definition) is 5. The van der Waals surface area contributed by atoms with Crippen LogP contribution in [-0.4, -0.2) is 16.7 Å². The summed E-state index contributed by atoms with van der Waals surface area (Å²) in [6, 6.07) is 10.4. The zero-order valence-electron chi connectivity index (χ0n) is 10.2. The van der Waals surface area contributed by atoms with Gasteiger partial charge in [0.2, 0.25) is 5.13 Å². The van der Waals surface area contributed by atoms with Gasteiger partial charge in [-0.3, -0.25) is 0 Å². The Labute approximate surface area is 115 Å². The number of thioether (sulfide) groups is 1. The Hall–Kier alpha value is -1.33. The summed E-state index contributed by atoms with van der Waals surface area (Å²) in [5, 5.41) is 12.6. The summed E-state index contributed by atoms with van der Waals surface area (Å²) in [6.45, 7) is 6.55. The molecule has 0 aliphatic rings. The second-order valence-electron chi connectivity index (χ2n) is 3.71. The van der Waals surface area contributed by atoms with Gasteiger partial charge in [0.05, 0.1) is 0 Å². The van der Waals surface area contributed by atoms with Crippen molar-refractivity contribution in [3.63, 3.8) is 0 Å². The monoisotopic (exact) mass is 277 g/mol. The van der Waals surface area contributed by atoms with Crippen LogP contribution in [-0.2, 0) is 0 Å². The summed E-state index contributed by atoms with van der Waals surface area (Å²) in [5.74, 6) is 0. The molecule has 1 heterocycles. The maximum atomic E-state index is 4.17. The van der Waals surface area contributed by atoms with E-state index in [0.29, 0.717) is 11.8 Å². The fourth-order valence-electron chi connectivity index (χ4n) is 1.43. The van der Waals surface area contributed by atoms with Crippen LogP contribution in [0.3, 0.4) is 0 Å². The van der Waals surface area contributed by atoms with Gasteiger partial charge in [-0.15, -0.1) is 16.8 Å². The predicted octanol–water partition coefficient (Wildman–Crippen LogP) is 3.99. The fourth-order valence-corrected chi connectivity index (χ4v) is 3.46. The molecule has 5 heteroatoms. The van der Waals surface area contributed by atoms with Crippen molar-refractivity contribution in [1.82, 2.24) is 10.2 Å². The Bertz CT molecular complexity index is 496.